The third-order valence-corrected chi connectivity index (χ3v) is 3.39. The first kappa shape index (κ1) is 12.2. The Balaban J connectivity index is 2.04. The standard InChI is InChI=1S/C12H14Cl2O2/c13-8-3-4-10(11(14)6-8)12(15)7-9-2-1-5-16-9/h3-4,6,9,12,15H,1-2,5,7H2. The minimum atomic E-state index is -0.576. The lowest BCUT2D eigenvalue weighted by Crippen LogP contribution is -2.11. The third-order valence-electron chi connectivity index (χ3n) is 2.83. The monoisotopic (exact) mass is 260 g/mol. The van der Waals surface area contributed by atoms with Gasteiger partial charge in [0, 0.05) is 23.1 Å². The van der Waals surface area contributed by atoms with Crippen LogP contribution in [-0.4, -0.2) is 17.8 Å². The summed E-state index contributed by atoms with van der Waals surface area (Å²) in [6.45, 7) is 0.797. The van der Waals surface area contributed by atoms with E-state index in [9.17, 15) is 5.11 Å². The first-order valence-electron chi connectivity index (χ1n) is 5.41. The Bertz CT molecular complexity index is 362. The minimum absolute atomic E-state index is 0.154. The van der Waals surface area contributed by atoms with Gasteiger partial charge in [-0.3, -0.25) is 0 Å². The van der Waals surface area contributed by atoms with Crippen LogP contribution in [0.4, 0.5) is 0 Å². The number of benzene rings is 1. The first-order valence-corrected chi connectivity index (χ1v) is 6.17. The lowest BCUT2D eigenvalue weighted by molar-refractivity contribution is 0.0535. The Labute approximate surface area is 105 Å². The lowest BCUT2D eigenvalue weighted by Gasteiger charge is -2.16. The van der Waals surface area contributed by atoms with E-state index in [0.717, 1.165) is 25.0 Å². The van der Waals surface area contributed by atoms with Crippen molar-refractivity contribution in [2.75, 3.05) is 6.61 Å². The molecule has 1 aliphatic rings. The Morgan fingerprint density at radius 2 is 2.25 bits per heavy atom. The van der Waals surface area contributed by atoms with Crippen molar-refractivity contribution in [1.82, 2.24) is 0 Å². The molecule has 1 heterocycles. The largest absolute Gasteiger partial charge is 0.388 e. The molecule has 0 radical (unpaired) electrons. The molecule has 1 saturated heterocycles. The second-order valence-corrected chi connectivity index (χ2v) is 4.90. The molecule has 0 saturated carbocycles. The van der Waals surface area contributed by atoms with E-state index in [4.69, 9.17) is 27.9 Å². The molecule has 0 amide bonds. The maximum atomic E-state index is 10.0. The molecule has 2 unspecified atom stereocenters. The second-order valence-electron chi connectivity index (χ2n) is 4.05. The number of hydrogen-bond donors (Lipinski definition) is 1. The smallest absolute Gasteiger partial charge is 0.0829 e. The van der Waals surface area contributed by atoms with Crippen LogP contribution in [0.3, 0.4) is 0 Å². The van der Waals surface area contributed by atoms with Crippen LogP contribution < -0.4 is 0 Å². The molecule has 1 N–H and O–H groups in total. The number of aliphatic hydroxyl groups excluding tert-OH is 1. The van der Waals surface area contributed by atoms with Gasteiger partial charge in [0.25, 0.3) is 0 Å². The highest BCUT2D eigenvalue weighted by atomic mass is 35.5. The highest BCUT2D eigenvalue weighted by molar-refractivity contribution is 6.35. The number of ether oxygens (including phenoxy) is 1. The molecule has 0 aromatic heterocycles. The normalized spacial score (nSPS) is 22.3. The maximum Gasteiger partial charge on any atom is 0.0829 e. The van der Waals surface area contributed by atoms with E-state index in [1.54, 1.807) is 18.2 Å². The van der Waals surface area contributed by atoms with Crippen molar-refractivity contribution in [3.63, 3.8) is 0 Å². The first-order chi connectivity index (χ1) is 7.66. The van der Waals surface area contributed by atoms with Crippen LogP contribution in [0.1, 0.15) is 30.9 Å². The van der Waals surface area contributed by atoms with Crippen LogP contribution in [-0.2, 0) is 4.74 Å². The maximum absolute atomic E-state index is 10.0. The zero-order valence-electron chi connectivity index (χ0n) is 8.83. The molecule has 16 heavy (non-hydrogen) atoms. The van der Waals surface area contributed by atoms with Crippen LogP contribution in [0.5, 0.6) is 0 Å². The van der Waals surface area contributed by atoms with E-state index in [1.807, 2.05) is 0 Å². The summed E-state index contributed by atoms with van der Waals surface area (Å²) in [7, 11) is 0. The van der Waals surface area contributed by atoms with Crippen LogP contribution in [0.2, 0.25) is 10.0 Å². The topological polar surface area (TPSA) is 29.5 Å². The Morgan fingerprint density at radius 1 is 1.44 bits per heavy atom. The molecule has 1 aromatic rings. The Morgan fingerprint density at radius 3 is 2.88 bits per heavy atom. The van der Waals surface area contributed by atoms with E-state index in [0.29, 0.717) is 16.5 Å². The molecule has 0 aliphatic carbocycles. The van der Waals surface area contributed by atoms with Gasteiger partial charge in [0.1, 0.15) is 0 Å². The van der Waals surface area contributed by atoms with Gasteiger partial charge < -0.3 is 9.84 Å². The van der Waals surface area contributed by atoms with Gasteiger partial charge in [0.05, 0.1) is 12.2 Å². The van der Waals surface area contributed by atoms with E-state index in [2.05, 4.69) is 0 Å². The number of halogens is 2. The predicted molar refractivity (Wildman–Crippen MR) is 65.0 cm³/mol. The zero-order chi connectivity index (χ0) is 11.5. The third kappa shape index (κ3) is 2.89. The van der Waals surface area contributed by atoms with Gasteiger partial charge in [-0.05, 0) is 30.5 Å². The predicted octanol–water partition coefficient (Wildman–Crippen LogP) is 3.60. The van der Waals surface area contributed by atoms with Gasteiger partial charge in [-0.1, -0.05) is 29.3 Å². The summed E-state index contributed by atoms with van der Waals surface area (Å²) in [6.07, 6.45) is 2.27. The van der Waals surface area contributed by atoms with Crippen LogP contribution in [0.25, 0.3) is 0 Å². The summed E-state index contributed by atoms with van der Waals surface area (Å²) < 4.78 is 5.48. The van der Waals surface area contributed by atoms with Crippen molar-refractivity contribution in [1.29, 1.82) is 0 Å². The van der Waals surface area contributed by atoms with Crippen LogP contribution in [0.15, 0.2) is 18.2 Å². The van der Waals surface area contributed by atoms with Crippen LogP contribution >= 0.6 is 23.2 Å². The molecule has 2 rings (SSSR count). The molecular weight excluding hydrogens is 247 g/mol. The fraction of sp³-hybridized carbons (Fsp3) is 0.500. The fourth-order valence-electron chi connectivity index (χ4n) is 1.98. The molecule has 2 nitrogen and oxygen atoms in total. The SMILES string of the molecule is OC(CC1CCCO1)c1ccc(Cl)cc1Cl. The summed E-state index contributed by atoms with van der Waals surface area (Å²) >= 11 is 11.8. The zero-order valence-corrected chi connectivity index (χ0v) is 10.3. The Kier molecular flexibility index (Phi) is 4.09. The van der Waals surface area contributed by atoms with E-state index < -0.39 is 6.10 Å². The fourth-order valence-corrected chi connectivity index (χ4v) is 2.51. The van der Waals surface area contributed by atoms with Crippen molar-refractivity contribution in [3.8, 4) is 0 Å². The number of hydrogen-bond acceptors (Lipinski definition) is 2. The van der Waals surface area contributed by atoms with Crippen molar-refractivity contribution >= 4 is 23.2 Å². The highest BCUT2D eigenvalue weighted by Crippen LogP contribution is 2.31. The summed E-state index contributed by atoms with van der Waals surface area (Å²) in [5.74, 6) is 0. The lowest BCUT2D eigenvalue weighted by atomic mass is 10.0. The van der Waals surface area contributed by atoms with Crippen molar-refractivity contribution < 1.29 is 9.84 Å². The van der Waals surface area contributed by atoms with Gasteiger partial charge in [0.2, 0.25) is 0 Å². The van der Waals surface area contributed by atoms with Crippen molar-refractivity contribution in [2.24, 2.45) is 0 Å². The summed E-state index contributed by atoms with van der Waals surface area (Å²) in [4.78, 5) is 0. The molecule has 1 aliphatic heterocycles. The minimum Gasteiger partial charge on any atom is -0.388 e. The van der Waals surface area contributed by atoms with E-state index >= 15 is 0 Å². The second kappa shape index (κ2) is 5.37. The van der Waals surface area contributed by atoms with Gasteiger partial charge >= 0.3 is 0 Å². The van der Waals surface area contributed by atoms with Gasteiger partial charge in [-0.25, -0.2) is 0 Å². The van der Waals surface area contributed by atoms with Gasteiger partial charge in [0.15, 0.2) is 0 Å². The summed E-state index contributed by atoms with van der Waals surface area (Å²) in [6, 6.07) is 5.16. The van der Waals surface area contributed by atoms with Crippen molar-refractivity contribution in [2.45, 2.75) is 31.5 Å². The molecular formula is C12H14Cl2O2. The molecule has 1 fully saturated rings. The molecule has 4 heteroatoms. The highest BCUT2D eigenvalue weighted by Gasteiger charge is 2.21. The number of aliphatic hydroxyl groups is 1. The van der Waals surface area contributed by atoms with Crippen LogP contribution in [0, 0.1) is 0 Å². The molecule has 88 valence electrons. The van der Waals surface area contributed by atoms with E-state index in [1.165, 1.54) is 0 Å². The molecule has 2 atom stereocenters. The summed E-state index contributed by atoms with van der Waals surface area (Å²) in [5, 5.41) is 11.1. The molecule has 1 aromatic carbocycles. The molecule has 0 spiro atoms. The van der Waals surface area contributed by atoms with Gasteiger partial charge in [-0.15, -0.1) is 0 Å². The quantitative estimate of drug-likeness (QED) is 0.900. The average molecular weight is 261 g/mol. The molecule has 0 bridgehead atoms. The number of rotatable bonds is 3. The van der Waals surface area contributed by atoms with Crippen molar-refractivity contribution in [3.05, 3.63) is 33.8 Å². The van der Waals surface area contributed by atoms with Gasteiger partial charge in [-0.2, -0.15) is 0 Å². The Hall–Kier alpha value is -0.280. The van der Waals surface area contributed by atoms with E-state index in [-0.39, 0.29) is 6.10 Å². The summed E-state index contributed by atoms with van der Waals surface area (Å²) in [5.41, 5.74) is 0.724. The average Bonchev–Trinajstić information content (AvgIpc) is 2.70.